The zero-order valence-corrected chi connectivity index (χ0v) is 12.3. The predicted octanol–water partition coefficient (Wildman–Crippen LogP) is 2.29. The highest BCUT2D eigenvalue weighted by Crippen LogP contribution is 2.31. The molecule has 0 aliphatic heterocycles. The Bertz CT molecular complexity index is 551. The Balaban J connectivity index is 2.07. The van der Waals surface area contributed by atoms with Gasteiger partial charge in [0.25, 0.3) is 0 Å². The molecule has 0 bridgehead atoms. The molecule has 2 N–H and O–H groups in total. The van der Waals surface area contributed by atoms with Crippen LogP contribution in [0.5, 0.6) is 11.5 Å². The summed E-state index contributed by atoms with van der Waals surface area (Å²) in [5, 5.41) is 0.905. The second-order valence-electron chi connectivity index (χ2n) is 4.07. The molecule has 6 heteroatoms. The van der Waals surface area contributed by atoms with Crippen molar-refractivity contribution in [1.29, 1.82) is 0 Å². The summed E-state index contributed by atoms with van der Waals surface area (Å²) in [6, 6.07) is 7.37. The fraction of sp³-hybridized carbons (Fsp3) is 0.286. The molecule has 5 nitrogen and oxygen atoms in total. The van der Waals surface area contributed by atoms with Crippen molar-refractivity contribution in [3.63, 3.8) is 0 Å². The molecule has 20 heavy (non-hydrogen) atoms. The molecule has 0 fully saturated rings. The van der Waals surface area contributed by atoms with Crippen LogP contribution in [0.1, 0.15) is 11.6 Å². The number of methoxy groups -OCH3 is 2. The molecule has 1 heterocycles. The average Bonchev–Trinajstić information content (AvgIpc) is 2.52. The largest absolute Gasteiger partial charge is 0.497 e. The molecular weight excluding hydrogens is 274 g/mol. The topological polar surface area (TPSA) is 70.3 Å². The lowest BCUT2D eigenvalue weighted by atomic mass is 10.1. The molecule has 0 aliphatic rings. The number of rotatable bonds is 6. The van der Waals surface area contributed by atoms with Gasteiger partial charge < -0.3 is 15.2 Å². The van der Waals surface area contributed by atoms with Crippen molar-refractivity contribution in [2.24, 2.45) is 5.73 Å². The van der Waals surface area contributed by atoms with Crippen LogP contribution in [0.15, 0.2) is 41.8 Å². The second kappa shape index (κ2) is 7.12. The first kappa shape index (κ1) is 14.6. The first-order valence-corrected chi connectivity index (χ1v) is 7.09. The van der Waals surface area contributed by atoms with E-state index in [1.807, 2.05) is 24.3 Å². The van der Waals surface area contributed by atoms with E-state index in [-0.39, 0.29) is 6.04 Å². The Morgan fingerprint density at radius 1 is 1.25 bits per heavy atom. The number of hydrogen-bond acceptors (Lipinski definition) is 6. The number of benzene rings is 1. The Hall–Kier alpha value is -1.79. The van der Waals surface area contributed by atoms with Gasteiger partial charge in [-0.2, -0.15) is 0 Å². The molecule has 1 aromatic heterocycles. The highest BCUT2D eigenvalue weighted by molar-refractivity contribution is 7.99. The summed E-state index contributed by atoms with van der Waals surface area (Å²) in [6.07, 6.45) is 3.25. The van der Waals surface area contributed by atoms with E-state index in [0.717, 1.165) is 22.1 Å². The molecular formula is C14H17N3O2S. The number of nitrogens with zero attached hydrogens (tertiary/aromatic N) is 2. The first-order valence-electron chi connectivity index (χ1n) is 6.11. The lowest BCUT2D eigenvalue weighted by Crippen LogP contribution is -2.14. The molecule has 2 rings (SSSR count). The quantitative estimate of drug-likeness (QED) is 0.650. The number of hydrogen-bond donors (Lipinski definition) is 1. The zero-order chi connectivity index (χ0) is 14.4. The summed E-state index contributed by atoms with van der Waals surface area (Å²) in [7, 11) is 3.25. The van der Waals surface area contributed by atoms with Crippen LogP contribution in [-0.2, 0) is 0 Å². The third kappa shape index (κ3) is 3.61. The fourth-order valence-electron chi connectivity index (χ4n) is 1.75. The standard InChI is InChI=1S/C14H17N3O2S/c1-18-10-3-4-11(13(7-10)19-2)12(15)8-20-14-5-6-16-9-17-14/h3-7,9,12H,8,15H2,1-2H3. The highest BCUT2D eigenvalue weighted by Gasteiger charge is 2.13. The molecule has 106 valence electrons. The van der Waals surface area contributed by atoms with Crippen molar-refractivity contribution in [2.75, 3.05) is 20.0 Å². The minimum absolute atomic E-state index is 0.143. The summed E-state index contributed by atoms with van der Waals surface area (Å²) in [4.78, 5) is 8.05. The number of ether oxygens (including phenoxy) is 2. The molecule has 0 amide bonds. The third-order valence-electron chi connectivity index (χ3n) is 2.81. The van der Waals surface area contributed by atoms with Crippen molar-refractivity contribution in [3.8, 4) is 11.5 Å². The monoisotopic (exact) mass is 291 g/mol. The van der Waals surface area contributed by atoms with Crippen LogP contribution in [0.4, 0.5) is 0 Å². The molecule has 1 atom stereocenters. The lowest BCUT2D eigenvalue weighted by Gasteiger charge is -2.16. The van der Waals surface area contributed by atoms with Gasteiger partial charge in [-0.05, 0) is 12.1 Å². The van der Waals surface area contributed by atoms with E-state index in [1.54, 1.807) is 32.2 Å². The molecule has 0 spiro atoms. The van der Waals surface area contributed by atoms with Gasteiger partial charge in [-0.3, -0.25) is 0 Å². The van der Waals surface area contributed by atoms with Gasteiger partial charge in [-0.1, -0.05) is 6.07 Å². The zero-order valence-electron chi connectivity index (χ0n) is 11.4. The van der Waals surface area contributed by atoms with Crippen molar-refractivity contribution in [1.82, 2.24) is 9.97 Å². The van der Waals surface area contributed by atoms with E-state index >= 15 is 0 Å². The van der Waals surface area contributed by atoms with Crippen molar-refractivity contribution in [2.45, 2.75) is 11.1 Å². The van der Waals surface area contributed by atoms with Crippen molar-refractivity contribution < 1.29 is 9.47 Å². The fourth-order valence-corrected chi connectivity index (χ4v) is 2.56. The van der Waals surface area contributed by atoms with E-state index in [1.165, 1.54) is 6.33 Å². The average molecular weight is 291 g/mol. The van der Waals surface area contributed by atoms with Crippen LogP contribution < -0.4 is 15.2 Å². The van der Waals surface area contributed by atoms with Gasteiger partial charge in [0.15, 0.2) is 0 Å². The molecule has 1 unspecified atom stereocenters. The van der Waals surface area contributed by atoms with Gasteiger partial charge in [-0.25, -0.2) is 9.97 Å². The maximum Gasteiger partial charge on any atom is 0.127 e. The van der Waals surface area contributed by atoms with E-state index in [4.69, 9.17) is 15.2 Å². The van der Waals surface area contributed by atoms with E-state index in [2.05, 4.69) is 9.97 Å². The second-order valence-corrected chi connectivity index (χ2v) is 5.11. The Morgan fingerprint density at radius 3 is 2.75 bits per heavy atom. The summed E-state index contributed by atoms with van der Waals surface area (Å²) in [5.41, 5.74) is 7.18. The Labute approximate surface area is 122 Å². The molecule has 0 saturated heterocycles. The number of thioether (sulfide) groups is 1. The van der Waals surface area contributed by atoms with Crippen LogP contribution in [0.2, 0.25) is 0 Å². The first-order chi connectivity index (χ1) is 9.74. The minimum Gasteiger partial charge on any atom is -0.497 e. The van der Waals surface area contributed by atoms with Crippen LogP contribution in [0, 0.1) is 0 Å². The normalized spacial score (nSPS) is 11.9. The van der Waals surface area contributed by atoms with Crippen molar-refractivity contribution in [3.05, 3.63) is 42.4 Å². The molecule has 0 saturated carbocycles. The summed E-state index contributed by atoms with van der Waals surface area (Å²) in [6.45, 7) is 0. The third-order valence-corrected chi connectivity index (χ3v) is 3.87. The number of nitrogens with two attached hydrogens (primary N) is 1. The van der Waals surface area contributed by atoms with Crippen molar-refractivity contribution >= 4 is 11.8 Å². The maximum absolute atomic E-state index is 6.23. The van der Waals surface area contributed by atoms with Gasteiger partial charge in [0.05, 0.1) is 19.2 Å². The minimum atomic E-state index is -0.143. The van der Waals surface area contributed by atoms with Crippen LogP contribution in [0.3, 0.4) is 0 Å². The Morgan fingerprint density at radius 2 is 2.10 bits per heavy atom. The summed E-state index contributed by atoms with van der Waals surface area (Å²) >= 11 is 1.59. The predicted molar refractivity (Wildman–Crippen MR) is 79.2 cm³/mol. The van der Waals surface area contributed by atoms with Gasteiger partial charge in [0, 0.05) is 29.6 Å². The van der Waals surface area contributed by atoms with E-state index in [9.17, 15) is 0 Å². The van der Waals surface area contributed by atoms with Gasteiger partial charge in [-0.15, -0.1) is 11.8 Å². The van der Waals surface area contributed by atoms with Crippen LogP contribution in [-0.4, -0.2) is 29.9 Å². The van der Waals surface area contributed by atoms with Gasteiger partial charge >= 0.3 is 0 Å². The Kier molecular flexibility index (Phi) is 5.20. The maximum atomic E-state index is 6.23. The SMILES string of the molecule is COc1ccc(C(N)CSc2ccncn2)c(OC)c1. The van der Waals surface area contributed by atoms with Crippen LogP contribution >= 0.6 is 11.8 Å². The van der Waals surface area contributed by atoms with E-state index < -0.39 is 0 Å². The van der Waals surface area contributed by atoms with Gasteiger partial charge in [0.1, 0.15) is 17.8 Å². The van der Waals surface area contributed by atoms with Crippen LogP contribution in [0.25, 0.3) is 0 Å². The smallest absolute Gasteiger partial charge is 0.127 e. The summed E-state index contributed by atoms with van der Waals surface area (Å²) < 4.78 is 10.5. The highest BCUT2D eigenvalue weighted by atomic mass is 32.2. The molecule has 1 aromatic carbocycles. The molecule has 2 aromatic rings. The molecule has 0 radical (unpaired) electrons. The summed E-state index contributed by atoms with van der Waals surface area (Å²) in [5.74, 6) is 2.20. The lowest BCUT2D eigenvalue weighted by molar-refractivity contribution is 0.389. The van der Waals surface area contributed by atoms with Gasteiger partial charge in [0.2, 0.25) is 0 Å². The van der Waals surface area contributed by atoms with E-state index in [0.29, 0.717) is 5.75 Å². The number of aromatic nitrogens is 2. The molecule has 0 aliphatic carbocycles.